The molecule has 0 unspecified atom stereocenters. The molecule has 0 radical (unpaired) electrons. The third-order valence-corrected chi connectivity index (χ3v) is 6.91. The normalized spacial score (nSPS) is 12.1. The predicted octanol–water partition coefficient (Wildman–Crippen LogP) is 4.84. The quantitative estimate of drug-likeness (QED) is 0.369. The summed E-state index contributed by atoms with van der Waals surface area (Å²) < 4.78 is 1.91. The van der Waals surface area contributed by atoms with Crippen LogP contribution in [0.5, 0.6) is 0 Å². The lowest BCUT2D eigenvalue weighted by molar-refractivity contribution is 0.0988. The first-order chi connectivity index (χ1) is 15.2. The van der Waals surface area contributed by atoms with Crippen LogP contribution in [0.1, 0.15) is 59.8 Å². The Kier molecular flexibility index (Phi) is 7.23. The number of benzene rings is 1. The smallest absolute Gasteiger partial charge is 0.192 e. The van der Waals surface area contributed by atoms with Crippen molar-refractivity contribution < 1.29 is 9.59 Å². The fraction of sp³-hybridized carbons (Fsp3) is 0.417. The van der Waals surface area contributed by atoms with Gasteiger partial charge in [-0.2, -0.15) is 0 Å². The Balaban J connectivity index is 1.79. The lowest BCUT2D eigenvalue weighted by Gasteiger charge is -2.21. The van der Waals surface area contributed by atoms with Gasteiger partial charge in [-0.1, -0.05) is 11.8 Å². The Morgan fingerprint density at radius 2 is 1.75 bits per heavy atom. The summed E-state index contributed by atoms with van der Waals surface area (Å²) in [6.07, 6.45) is 0. The zero-order valence-electron chi connectivity index (χ0n) is 19.8. The van der Waals surface area contributed by atoms with Crippen molar-refractivity contribution in [3.05, 3.63) is 46.8 Å². The van der Waals surface area contributed by atoms with E-state index in [0.29, 0.717) is 22.0 Å². The number of thioether (sulfide) groups is 1. The summed E-state index contributed by atoms with van der Waals surface area (Å²) in [6.45, 7) is 13.2. The average molecular weight is 454 g/mol. The van der Waals surface area contributed by atoms with Crippen molar-refractivity contribution in [2.24, 2.45) is 7.05 Å². The maximum absolute atomic E-state index is 13.1. The second-order valence-electron chi connectivity index (χ2n) is 7.89. The molecule has 0 bridgehead atoms. The highest BCUT2D eigenvalue weighted by atomic mass is 32.2. The third kappa shape index (κ3) is 4.50. The maximum atomic E-state index is 13.1. The minimum atomic E-state index is -0.382. The zero-order valence-corrected chi connectivity index (χ0v) is 20.6. The van der Waals surface area contributed by atoms with Crippen LogP contribution in [0, 0.1) is 13.8 Å². The Hall–Kier alpha value is -2.87. The van der Waals surface area contributed by atoms with Gasteiger partial charge in [0.15, 0.2) is 22.5 Å². The predicted molar refractivity (Wildman–Crippen MR) is 130 cm³/mol. The summed E-state index contributed by atoms with van der Waals surface area (Å²) >= 11 is 1.36. The fourth-order valence-electron chi connectivity index (χ4n) is 4.02. The first-order valence-electron chi connectivity index (χ1n) is 10.8. The number of rotatable bonds is 9. The average Bonchev–Trinajstić information content (AvgIpc) is 3.27. The number of ketones is 2. The molecule has 170 valence electrons. The molecule has 0 fully saturated rings. The van der Waals surface area contributed by atoms with Crippen LogP contribution in [0.2, 0.25) is 0 Å². The number of aromatic amines is 1. The van der Waals surface area contributed by atoms with Gasteiger partial charge in [-0.25, -0.2) is 0 Å². The summed E-state index contributed by atoms with van der Waals surface area (Å²) in [7, 11) is 1.91. The van der Waals surface area contributed by atoms with Crippen LogP contribution >= 0.6 is 11.8 Å². The van der Waals surface area contributed by atoms with Crippen molar-refractivity contribution in [2.75, 3.05) is 18.0 Å². The van der Waals surface area contributed by atoms with E-state index in [1.165, 1.54) is 24.4 Å². The lowest BCUT2D eigenvalue weighted by atomic mass is 10.0. The van der Waals surface area contributed by atoms with E-state index in [4.69, 9.17) is 0 Å². The number of nitrogens with zero attached hydrogens (tertiary/aromatic N) is 4. The van der Waals surface area contributed by atoms with Gasteiger partial charge < -0.3 is 14.5 Å². The first-order valence-corrected chi connectivity index (χ1v) is 11.7. The summed E-state index contributed by atoms with van der Waals surface area (Å²) in [4.78, 5) is 30.4. The van der Waals surface area contributed by atoms with Crippen LogP contribution in [-0.4, -0.2) is 49.7 Å². The topological polar surface area (TPSA) is 83.9 Å². The standard InChI is InChI=1S/C24H31N5O2S/c1-8-29(9-2)19-12-10-18(11-13-19)23-26-27-24(28(23)7)32-17(6)22(31)21-14(3)20(16(5)30)15(4)25-21/h10-13,17,25H,8-9H2,1-7H3/t17-/m0/s1. The number of nitrogens with one attached hydrogen (secondary N) is 1. The van der Waals surface area contributed by atoms with Gasteiger partial charge in [0.1, 0.15) is 0 Å². The Bertz CT molecular complexity index is 1130. The molecule has 1 atom stereocenters. The molecule has 2 heterocycles. The van der Waals surface area contributed by atoms with E-state index >= 15 is 0 Å². The number of Topliss-reactive ketones (excluding diaryl/α,β-unsaturated/α-hetero) is 2. The van der Waals surface area contributed by atoms with E-state index < -0.39 is 0 Å². The van der Waals surface area contributed by atoms with Crippen molar-refractivity contribution >= 4 is 29.0 Å². The van der Waals surface area contributed by atoms with Crippen LogP contribution in [0.15, 0.2) is 29.4 Å². The van der Waals surface area contributed by atoms with Crippen molar-refractivity contribution in [3.8, 4) is 11.4 Å². The fourth-order valence-corrected chi connectivity index (χ4v) is 4.89. The van der Waals surface area contributed by atoms with Crippen LogP contribution in [0.4, 0.5) is 5.69 Å². The van der Waals surface area contributed by atoms with E-state index in [2.05, 4.69) is 58.2 Å². The van der Waals surface area contributed by atoms with E-state index in [1.807, 2.05) is 32.4 Å². The number of H-pyrrole nitrogens is 1. The molecule has 0 aliphatic carbocycles. The van der Waals surface area contributed by atoms with Crippen LogP contribution in [0.3, 0.4) is 0 Å². The molecule has 2 aromatic heterocycles. The lowest BCUT2D eigenvalue weighted by Crippen LogP contribution is -2.21. The molecular formula is C24H31N5O2S. The second kappa shape index (κ2) is 9.73. The molecule has 0 saturated carbocycles. The molecule has 0 aliphatic heterocycles. The number of carbonyl (C=O) groups excluding carboxylic acids is 2. The van der Waals surface area contributed by atoms with Gasteiger partial charge in [0, 0.05) is 42.6 Å². The van der Waals surface area contributed by atoms with Crippen molar-refractivity contribution in [1.82, 2.24) is 19.7 Å². The minimum absolute atomic E-state index is 0.0411. The SMILES string of the molecule is CCN(CC)c1ccc(-c2nnc(S[C@@H](C)C(=O)c3[nH]c(C)c(C(C)=O)c3C)n2C)cc1. The Morgan fingerprint density at radius 1 is 1.12 bits per heavy atom. The number of aryl methyl sites for hydroxylation is 1. The molecule has 8 heteroatoms. The van der Waals surface area contributed by atoms with Crippen LogP contribution in [-0.2, 0) is 7.05 Å². The number of carbonyl (C=O) groups is 2. The largest absolute Gasteiger partial charge is 0.372 e. The molecule has 3 aromatic rings. The highest BCUT2D eigenvalue weighted by molar-refractivity contribution is 8.00. The Morgan fingerprint density at radius 3 is 2.28 bits per heavy atom. The third-order valence-electron chi connectivity index (χ3n) is 5.78. The zero-order chi connectivity index (χ0) is 23.6. The Labute approximate surface area is 193 Å². The molecule has 0 spiro atoms. The maximum Gasteiger partial charge on any atom is 0.192 e. The van der Waals surface area contributed by atoms with E-state index in [-0.39, 0.29) is 16.8 Å². The highest BCUT2D eigenvalue weighted by Crippen LogP contribution is 2.29. The van der Waals surface area contributed by atoms with Gasteiger partial charge in [-0.3, -0.25) is 9.59 Å². The molecule has 0 amide bonds. The summed E-state index contributed by atoms with van der Waals surface area (Å²) in [5, 5.41) is 8.97. The van der Waals surface area contributed by atoms with Gasteiger partial charge in [0.2, 0.25) is 0 Å². The molecule has 0 aliphatic rings. The van der Waals surface area contributed by atoms with Gasteiger partial charge in [-0.05, 0) is 71.4 Å². The first kappa shape index (κ1) is 23.8. The number of hydrogen-bond acceptors (Lipinski definition) is 6. The minimum Gasteiger partial charge on any atom is -0.372 e. The summed E-state index contributed by atoms with van der Waals surface area (Å²) in [5.74, 6) is 0.654. The van der Waals surface area contributed by atoms with Crippen LogP contribution in [0.25, 0.3) is 11.4 Å². The second-order valence-corrected chi connectivity index (χ2v) is 9.20. The van der Waals surface area contributed by atoms with Gasteiger partial charge in [0.25, 0.3) is 0 Å². The van der Waals surface area contributed by atoms with Gasteiger partial charge in [-0.15, -0.1) is 10.2 Å². The molecular weight excluding hydrogens is 422 g/mol. The number of hydrogen-bond donors (Lipinski definition) is 1. The molecule has 32 heavy (non-hydrogen) atoms. The van der Waals surface area contributed by atoms with Crippen LogP contribution < -0.4 is 4.90 Å². The van der Waals surface area contributed by atoms with E-state index in [9.17, 15) is 9.59 Å². The van der Waals surface area contributed by atoms with E-state index in [0.717, 1.165) is 30.2 Å². The van der Waals surface area contributed by atoms with Gasteiger partial charge in [0.05, 0.1) is 10.9 Å². The molecule has 3 rings (SSSR count). The van der Waals surface area contributed by atoms with Crippen molar-refractivity contribution in [2.45, 2.75) is 51.9 Å². The van der Waals surface area contributed by atoms with E-state index in [1.54, 1.807) is 0 Å². The number of anilines is 1. The highest BCUT2D eigenvalue weighted by Gasteiger charge is 2.26. The monoisotopic (exact) mass is 453 g/mol. The molecule has 0 saturated heterocycles. The molecule has 1 N–H and O–H groups in total. The summed E-state index contributed by atoms with van der Waals surface area (Å²) in [6, 6.07) is 8.29. The molecule has 1 aromatic carbocycles. The summed E-state index contributed by atoms with van der Waals surface area (Å²) in [5.41, 5.74) is 4.67. The molecule has 7 nitrogen and oxygen atoms in total. The van der Waals surface area contributed by atoms with Crippen molar-refractivity contribution in [3.63, 3.8) is 0 Å². The van der Waals surface area contributed by atoms with Crippen molar-refractivity contribution in [1.29, 1.82) is 0 Å². The number of aromatic nitrogens is 4. The van der Waals surface area contributed by atoms with Gasteiger partial charge >= 0.3 is 0 Å².